The molecule has 2 aliphatic rings. The second-order valence-electron chi connectivity index (χ2n) is 25.8. The lowest BCUT2D eigenvalue weighted by molar-refractivity contribution is -0.192. The van der Waals surface area contributed by atoms with E-state index in [-0.39, 0.29) is 24.9 Å². The number of carbonyl (C=O) groups excluding carboxylic acids is 2. The van der Waals surface area contributed by atoms with Crippen LogP contribution in [0.15, 0.2) is 115 Å². The molecule has 0 bridgehead atoms. The number of nitrogens with two attached hydrogens (primary N) is 1. The summed E-state index contributed by atoms with van der Waals surface area (Å²) in [6.45, 7) is 13.2. The number of nitrogens with zero attached hydrogens (tertiary/aromatic N) is 11. The van der Waals surface area contributed by atoms with E-state index in [9.17, 15) is 22.8 Å². The van der Waals surface area contributed by atoms with Gasteiger partial charge in [0, 0.05) is 136 Å². The quantitative estimate of drug-likeness (QED) is 0.00985. The standard InChI is InChI=1S/C20H24N6O.C19H27N5O3.C13H15IN4O.C13H18N6O.C9H15NO.C2HF3O2.ClH/c1-13-10-19(21-2)25-20(23-13)24-15-8-9-18(27-3)17(11-15)26-16-7-5-4-6-14(16)12-22-26;1-12-9-16(20-5)24-18(22-12)23-13-7-8-15(26-6)14(10-13)21-11-17(25)27-19(2,3)4;1-8-6-12(15-2)18-13(16-8)17-9-4-5-11(19-3)10(14)7-9;1-8-6-12(15-2)18-13(16-8)17-9-4-5-11(20-3)10(7-9)19-14;1-10(2)7-8-5-3-4-6-9(8)11;3-2(4,5)1(6)7;/h8-12H,4-7H2,1-3H3,(H2,21,23,24,25);7-10,21H,11H2,1-6H3,(H2,20,22,23,24);4-7H,1-3H3,(H2,15,16,17,18);4-7,19H,14H2,1-3H3,(H2,15,16,17,18);7H,3-6H2,1-2H3;(H,6,7);1H/b;;;;8-7+;;. The maximum Gasteiger partial charge on any atom is 0.490 e. The lowest BCUT2D eigenvalue weighted by Gasteiger charge is -2.20. The van der Waals surface area contributed by atoms with Gasteiger partial charge in [0.25, 0.3) is 0 Å². The Balaban J connectivity index is 0.000000250. The van der Waals surface area contributed by atoms with Crippen LogP contribution >= 0.6 is 35.0 Å². The number of halogens is 5. The maximum absolute atomic E-state index is 11.9. The molecule has 0 spiro atoms. The number of benzene rings is 4. The first kappa shape index (κ1) is 91.1. The number of aromatic nitrogens is 10. The lowest BCUT2D eigenvalue weighted by Crippen LogP contribution is -2.28. The summed E-state index contributed by atoms with van der Waals surface area (Å²) in [5.41, 5.74) is 14.8. The van der Waals surface area contributed by atoms with Crippen LogP contribution in [-0.4, -0.2) is 166 Å². The van der Waals surface area contributed by atoms with Crippen molar-refractivity contribution in [2.24, 2.45) is 5.84 Å². The van der Waals surface area contributed by atoms with E-state index < -0.39 is 17.7 Å². The van der Waals surface area contributed by atoms with Crippen LogP contribution in [0.2, 0.25) is 0 Å². The summed E-state index contributed by atoms with van der Waals surface area (Å²) in [4.78, 5) is 69.1. The largest absolute Gasteiger partial charge is 0.496 e. The Bertz CT molecular complexity index is 4610. The van der Waals surface area contributed by atoms with Crippen molar-refractivity contribution in [2.45, 2.75) is 112 Å². The van der Waals surface area contributed by atoms with Gasteiger partial charge in [-0.3, -0.25) is 15.4 Å². The van der Waals surface area contributed by atoms with Crippen LogP contribution in [0.3, 0.4) is 0 Å². The third-order valence-electron chi connectivity index (χ3n) is 15.6. The van der Waals surface area contributed by atoms with Gasteiger partial charge >= 0.3 is 18.1 Å². The molecule has 31 nitrogen and oxygen atoms in total. The molecule has 0 aliphatic heterocycles. The number of rotatable bonds is 22. The first-order valence-corrected chi connectivity index (χ1v) is 36.2. The van der Waals surface area contributed by atoms with Crippen molar-refractivity contribution in [3.8, 4) is 28.7 Å². The zero-order chi connectivity index (χ0) is 81.5. The highest BCUT2D eigenvalue weighted by Gasteiger charge is 2.38. The molecule has 112 heavy (non-hydrogen) atoms. The fourth-order valence-corrected chi connectivity index (χ4v) is 11.4. The summed E-state index contributed by atoms with van der Waals surface area (Å²) in [5, 5.41) is 39.6. The van der Waals surface area contributed by atoms with Crippen LogP contribution in [0.4, 0.5) is 94.4 Å². The Kier molecular flexibility index (Phi) is 36.1. The molecule has 604 valence electrons. The monoisotopic (exact) mass is 1680 g/mol. The van der Waals surface area contributed by atoms with Gasteiger partial charge in [0.1, 0.15) is 64.1 Å². The molecule has 0 saturated heterocycles. The first-order chi connectivity index (χ1) is 52.8. The summed E-state index contributed by atoms with van der Waals surface area (Å²) in [5.74, 6) is 10.8. The second-order valence-corrected chi connectivity index (χ2v) is 27.0. The summed E-state index contributed by atoms with van der Waals surface area (Å²) in [7, 11) is 17.7. The average Bonchev–Trinajstić information content (AvgIpc) is 1.39. The molecule has 1 fully saturated rings. The predicted octanol–water partition coefficient (Wildman–Crippen LogP) is 14.7. The Hall–Kier alpha value is -11.5. The maximum atomic E-state index is 11.9. The Morgan fingerprint density at radius 3 is 1.34 bits per heavy atom. The molecule has 9 aromatic rings. The number of alkyl halides is 3. The molecule has 0 atom stereocenters. The minimum absolute atomic E-state index is 0. The van der Waals surface area contributed by atoms with E-state index in [1.807, 2.05) is 197 Å². The number of fused-ring (bicyclic) bond motifs is 1. The van der Waals surface area contributed by atoms with E-state index in [4.69, 9.17) is 39.4 Å². The highest BCUT2D eigenvalue weighted by atomic mass is 127. The number of aliphatic carboxylic acids is 1. The van der Waals surface area contributed by atoms with Gasteiger partial charge in [0.15, 0.2) is 5.78 Å². The minimum atomic E-state index is -5.08. The number of nitrogens with one attached hydrogen (secondary N) is 10. The molecular weight excluding hydrogens is 1580 g/mol. The van der Waals surface area contributed by atoms with Gasteiger partial charge in [-0.25, -0.2) is 29.4 Å². The minimum Gasteiger partial charge on any atom is -0.496 e. The van der Waals surface area contributed by atoms with E-state index in [1.165, 1.54) is 30.5 Å². The van der Waals surface area contributed by atoms with Crippen molar-refractivity contribution < 1.29 is 56.3 Å². The van der Waals surface area contributed by atoms with E-state index in [2.05, 4.69) is 121 Å². The lowest BCUT2D eigenvalue weighted by atomic mass is 9.94. The number of hydrazine groups is 1. The van der Waals surface area contributed by atoms with E-state index in [0.29, 0.717) is 52.5 Å². The third kappa shape index (κ3) is 29.7. The number of hydrogen-bond donors (Lipinski definition) is 12. The zero-order valence-electron chi connectivity index (χ0n) is 65.9. The molecule has 13 N–H and O–H groups in total. The third-order valence-corrected chi connectivity index (χ3v) is 16.4. The summed E-state index contributed by atoms with van der Waals surface area (Å²) < 4.78 is 61.5. The van der Waals surface area contributed by atoms with Gasteiger partial charge in [-0.1, -0.05) is 0 Å². The molecule has 5 heterocycles. The molecule has 2 aliphatic carbocycles. The van der Waals surface area contributed by atoms with Crippen molar-refractivity contribution in [1.82, 2.24) is 54.6 Å². The number of carboxylic acids is 1. The molecule has 0 unspecified atom stereocenters. The van der Waals surface area contributed by atoms with Crippen LogP contribution in [0, 0.1) is 31.3 Å². The van der Waals surface area contributed by atoms with E-state index in [0.717, 1.165) is 127 Å². The van der Waals surface area contributed by atoms with Gasteiger partial charge in [0.2, 0.25) is 23.8 Å². The van der Waals surface area contributed by atoms with Gasteiger partial charge < -0.3 is 87.0 Å². The SMILES string of the molecule is CN(C)/C=C1\CCCCC1=O.CNc1cc(C)nc(Nc2ccc(OC)c(-n3ncc4c3CCCC4)c2)n1.CNc1cc(C)nc(Nc2ccc(OC)c(I)c2)n1.CNc1cc(C)nc(Nc2ccc(OC)c(NCC(=O)OC(C)(C)C)c2)n1.CNc1cc(C)nc(Nc2ccc(OC)c(NN)c2)n1.Cl.O=C(O)C(F)(F)F. The van der Waals surface area contributed by atoms with Crippen molar-refractivity contribution in [1.29, 1.82) is 0 Å². The molecule has 36 heteroatoms. The Morgan fingerprint density at radius 1 is 0.562 bits per heavy atom. The number of allylic oxidation sites excluding steroid dienone is 1. The fraction of sp³-hybridized carbons (Fsp3) is 0.368. The second kappa shape index (κ2) is 44.4. The molecule has 0 radical (unpaired) electrons. The smallest absolute Gasteiger partial charge is 0.490 e. The van der Waals surface area contributed by atoms with Crippen molar-refractivity contribution in [2.75, 3.05) is 131 Å². The molecule has 5 aromatic heterocycles. The van der Waals surface area contributed by atoms with Crippen molar-refractivity contribution in [3.63, 3.8) is 0 Å². The van der Waals surface area contributed by atoms with Crippen molar-refractivity contribution in [3.05, 3.63) is 153 Å². The first-order valence-electron chi connectivity index (χ1n) is 35.1. The molecule has 0 amide bonds. The Labute approximate surface area is 670 Å². The van der Waals surface area contributed by atoms with Crippen LogP contribution in [0.25, 0.3) is 5.69 Å². The Morgan fingerprint density at radius 2 is 0.946 bits per heavy atom. The summed E-state index contributed by atoms with van der Waals surface area (Å²) >= 11 is 2.23. The predicted molar refractivity (Wildman–Crippen MR) is 445 cm³/mol. The summed E-state index contributed by atoms with van der Waals surface area (Å²) in [6.07, 6.45) is 7.38. The van der Waals surface area contributed by atoms with E-state index in [1.54, 1.807) is 41.6 Å². The topological polar surface area (TPSA) is 388 Å². The normalized spacial score (nSPS) is 12.2. The highest BCUT2D eigenvalue weighted by molar-refractivity contribution is 14.1. The van der Waals surface area contributed by atoms with Gasteiger partial charge in [-0.2, -0.15) is 38.2 Å². The number of nitrogen functional groups attached to an aromatic ring is 1. The summed E-state index contributed by atoms with van der Waals surface area (Å²) in [6, 6.07) is 30.3. The van der Waals surface area contributed by atoms with Crippen LogP contribution < -0.4 is 78.1 Å². The van der Waals surface area contributed by atoms with Crippen LogP contribution in [0.1, 0.15) is 93.3 Å². The van der Waals surface area contributed by atoms with Gasteiger partial charge in [-0.15, -0.1) is 12.4 Å². The van der Waals surface area contributed by atoms with E-state index >= 15 is 0 Å². The number of methoxy groups -OCH3 is 4. The highest BCUT2D eigenvalue weighted by Crippen LogP contribution is 2.34. The van der Waals surface area contributed by atoms with Crippen molar-refractivity contribution >= 4 is 134 Å². The number of aryl methyl sites for hydroxylation is 5. The number of carboxylic acid groups (broad SMARTS) is 1. The fourth-order valence-electron chi connectivity index (χ4n) is 10.6. The molecule has 11 rings (SSSR count). The number of esters is 1. The van der Waals surface area contributed by atoms with Crippen LogP contribution in [-0.2, 0) is 32.0 Å². The number of hydrogen-bond acceptors (Lipinski definition) is 29. The molecule has 1 saturated carbocycles. The van der Waals surface area contributed by atoms with Gasteiger partial charge in [-0.05, 0) is 194 Å². The average molecular weight is 1690 g/mol. The molecular formula is C76H101ClF3IN22O9. The number of ether oxygens (including phenoxy) is 5. The molecule has 4 aromatic carbocycles. The zero-order valence-corrected chi connectivity index (χ0v) is 68.9. The van der Waals surface area contributed by atoms with Gasteiger partial charge in [0.05, 0.1) is 49.6 Å². The number of ketones is 1. The number of Topliss-reactive ketones (excluding diaryl/α,β-unsaturated/α-hetero) is 1. The number of carbonyl (C=O) groups is 3. The van der Waals surface area contributed by atoms with Crippen LogP contribution in [0.5, 0.6) is 23.0 Å². The number of anilines is 14.